The highest BCUT2D eigenvalue weighted by Crippen LogP contribution is 2.48. The summed E-state index contributed by atoms with van der Waals surface area (Å²) in [6, 6.07) is 2.37. The minimum absolute atomic E-state index is 0.106. The van der Waals surface area contributed by atoms with Gasteiger partial charge in [0.1, 0.15) is 0 Å². The van der Waals surface area contributed by atoms with Gasteiger partial charge in [0.05, 0.1) is 12.2 Å². The second-order valence-electron chi connectivity index (χ2n) is 5.10. The van der Waals surface area contributed by atoms with Gasteiger partial charge in [-0.25, -0.2) is 4.39 Å². The van der Waals surface area contributed by atoms with Crippen molar-refractivity contribution < 1.29 is 22.3 Å². The molecule has 1 saturated heterocycles. The molecule has 1 aliphatic carbocycles. The Hall–Kier alpha value is -1.30. The van der Waals surface area contributed by atoms with Crippen LogP contribution in [-0.4, -0.2) is 19.7 Å². The number of fused-ring (bicyclic) bond motifs is 1. The summed E-state index contributed by atoms with van der Waals surface area (Å²) in [7, 11) is 0. The van der Waals surface area contributed by atoms with Crippen LogP contribution in [0.5, 0.6) is 5.75 Å². The second-order valence-corrected chi connectivity index (χ2v) is 5.10. The van der Waals surface area contributed by atoms with Crippen LogP contribution < -0.4 is 10.1 Å². The number of halogens is 4. The average Bonchev–Trinajstić information content (AvgIpc) is 2.78. The smallest absolute Gasteiger partial charge is 0.416 e. The molecule has 0 amide bonds. The van der Waals surface area contributed by atoms with E-state index >= 15 is 0 Å². The fraction of sp³-hybridized carbons (Fsp3) is 0.538. The third-order valence-electron chi connectivity index (χ3n) is 3.96. The summed E-state index contributed by atoms with van der Waals surface area (Å²) in [6.45, 7) is 2.28. The van der Waals surface area contributed by atoms with Gasteiger partial charge >= 0.3 is 6.18 Å². The van der Waals surface area contributed by atoms with Gasteiger partial charge in [0.25, 0.3) is 0 Å². The van der Waals surface area contributed by atoms with Crippen LogP contribution in [0.4, 0.5) is 17.6 Å². The van der Waals surface area contributed by atoms with E-state index < -0.39 is 17.6 Å². The highest BCUT2D eigenvalue weighted by molar-refractivity contribution is 5.31. The third kappa shape index (κ3) is 2.41. The number of nitrogens with one attached hydrogen (secondary N) is 1. The molecule has 2 aliphatic rings. The predicted octanol–water partition coefficient (Wildman–Crippen LogP) is 2.69. The number of rotatable bonds is 3. The summed E-state index contributed by atoms with van der Waals surface area (Å²) in [4.78, 5) is 0. The van der Waals surface area contributed by atoms with Crippen molar-refractivity contribution in [1.82, 2.24) is 5.32 Å². The minimum Gasteiger partial charge on any atom is -0.490 e. The van der Waals surface area contributed by atoms with E-state index in [4.69, 9.17) is 4.74 Å². The number of benzene rings is 1. The molecule has 1 saturated carbocycles. The number of ether oxygens (including phenoxy) is 1. The fourth-order valence-electron chi connectivity index (χ4n) is 2.77. The van der Waals surface area contributed by atoms with Crippen molar-refractivity contribution in [2.75, 3.05) is 19.7 Å². The zero-order valence-electron chi connectivity index (χ0n) is 10.0. The zero-order chi connectivity index (χ0) is 13.6. The van der Waals surface area contributed by atoms with Gasteiger partial charge in [-0.2, -0.15) is 13.2 Å². The van der Waals surface area contributed by atoms with Gasteiger partial charge < -0.3 is 10.1 Å². The highest BCUT2D eigenvalue weighted by atomic mass is 19.4. The van der Waals surface area contributed by atoms with Crippen molar-refractivity contribution >= 4 is 0 Å². The average molecular weight is 275 g/mol. The Morgan fingerprint density at radius 3 is 2.47 bits per heavy atom. The lowest BCUT2D eigenvalue weighted by atomic mass is 10.2. The first kappa shape index (κ1) is 12.7. The van der Waals surface area contributed by atoms with Gasteiger partial charge in [0.2, 0.25) is 0 Å². The predicted molar refractivity (Wildman–Crippen MR) is 60.2 cm³/mol. The molecule has 104 valence electrons. The lowest BCUT2D eigenvalue weighted by molar-refractivity contribution is -0.137. The van der Waals surface area contributed by atoms with Crippen LogP contribution in [0.1, 0.15) is 5.56 Å². The molecule has 0 spiro atoms. The maximum atomic E-state index is 13.5. The summed E-state index contributed by atoms with van der Waals surface area (Å²) in [6.07, 6.45) is -4.53. The lowest BCUT2D eigenvalue weighted by Gasteiger charge is -2.11. The zero-order valence-corrected chi connectivity index (χ0v) is 10.0. The highest BCUT2D eigenvalue weighted by Gasteiger charge is 2.53. The van der Waals surface area contributed by atoms with Crippen LogP contribution in [0.15, 0.2) is 18.2 Å². The molecule has 1 aromatic rings. The summed E-state index contributed by atoms with van der Waals surface area (Å²) in [5.41, 5.74) is -0.996. The lowest BCUT2D eigenvalue weighted by Crippen LogP contribution is -2.18. The van der Waals surface area contributed by atoms with Crippen molar-refractivity contribution in [1.29, 1.82) is 0 Å². The SMILES string of the molecule is Fc1cc(C(F)(F)F)ccc1OCC1[C@H]2CNC[C@@H]12. The Morgan fingerprint density at radius 1 is 1.21 bits per heavy atom. The van der Waals surface area contributed by atoms with E-state index in [1.165, 1.54) is 0 Å². The van der Waals surface area contributed by atoms with Gasteiger partial charge in [-0.05, 0) is 43.1 Å². The molecule has 2 nitrogen and oxygen atoms in total. The molecule has 3 atom stereocenters. The van der Waals surface area contributed by atoms with E-state index in [2.05, 4.69) is 5.32 Å². The summed E-state index contributed by atoms with van der Waals surface area (Å²) < 4.78 is 55.9. The molecule has 3 rings (SSSR count). The normalized spacial score (nSPS) is 29.2. The van der Waals surface area contributed by atoms with Gasteiger partial charge in [-0.1, -0.05) is 0 Å². The minimum atomic E-state index is -4.53. The molecule has 0 aromatic heterocycles. The van der Waals surface area contributed by atoms with E-state index in [1.54, 1.807) is 0 Å². The molecule has 1 heterocycles. The van der Waals surface area contributed by atoms with Gasteiger partial charge in [0.15, 0.2) is 11.6 Å². The van der Waals surface area contributed by atoms with Gasteiger partial charge in [-0.3, -0.25) is 0 Å². The first-order valence-electron chi connectivity index (χ1n) is 6.17. The van der Waals surface area contributed by atoms with Crippen LogP contribution in [-0.2, 0) is 6.18 Å². The van der Waals surface area contributed by atoms with Crippen LogP contribution in [0.2, 0.25) is 0 Å². The van der Waals surface area contributed by atoms with E-state index in [9.17, 15) is 17.6 Å². The summed E-state index contributed by atoms with van der Waals surface area (Å²) in [5.74, 6) is 0.502. The Kier molecular flexibility index (Phi) is 2.92. The van der Waals surface area contributed by atoms with Crippen molar-refractivity contribution in [2.45, 2.75) is 6.18 Å². The van der Waals surface area contributed by atoms with Crippen molar-refractivity contribution in [3.05, 3.63) is 29.6 Å². The molecular weight excluding hydrogens is 262 g/mol. The number of hydrogen-bond donors (Lipinski definition) is 1. The molecule has 1 N–H and O–H groups in total. The molecule has 0 radical (unpaired) electrons. The number of piperidine rings is 1. The van der Waals surface area contributed by atoms with E-state index in [-0.39, 0.29) is 5.75 Å². The van der Waals surface area contributed by atoms with Gasteiger partial charge in [-0.15, -0.1) is 0 Å². The summed E-state index contributed by atoms with van der Waals surface area (Å²) in [5, 5.41) is 3.23. The second kappa shape index (κ2) is 4.37. The van der Waals surface area contributed by atoms with Crippen molar-refractivity contribution in [3.8, 4) is 5.75 Å². The van der Waals surface area contributed by atoms with Gasteiger partial charge in [0, 0.05) is 5.92 Å². The maximum absolute atomic E-state index is 13.5. The van der Waals surface area contributed by atoms with Crippen molar-refractivity contribution in [2.24, 2.45) is 17.8 Å². The van der Waals surface area contributed by atoms with E-state index in [0.717, 1.165) is 25.2 Å². The van der Waals surface area contributed by atoms with Crippen LogP contribution in [0, 0.1) is 23.6 Å². The standard InChI is InChI=1S/C13H13F4NO/c14-11-3-7(13(15,16)17)1-2-12(11)19-6-10-8-4-18-5-9(8)10/h1-3,8-10,18H,4-6H2/t8-,9+,10?. The molecule has 19 heavy (non-hydrogen) atoms. The molecular formula is C13H13F4NO. The first-order chi connectivity index (χ1) is 8.97. The Morgan fingerprint density at radius 2 is 1.89 bits per heavy atom. The van der Waals surface area contributed by atoms with Crippen LogP contribution in [0.3, 0.4) is 0 Å². The number of hydrogen-bond acceptors (Lipinski definition) is 2. The molecule has 6 heteroatoms. The van der Waals surface area contributed by atoms with Crippen LogP contribution in [0.25, 0.3) is 0 Å². The third-order valence-corrected chi connectivity index (χ3v) is 3.96. The molecule has 2 fully saturated rings. The Labute approximate surface area is 107 Å². The molecule has 1 aliphatic heterocycles. The topological polar surface area (TPSA) is 21.3 Å². The molecule has 1 unspecified atom stereocenters. The summed E-state index contributed by atoms with van der Waals surface area (Å²) >= 11 is 0. The first-order valence-corrected chi connectivity index (χ1v) is 6.17. The van der Waals surface area contributed by atoms with Crippen LogP contribution >= 0.6 is 0 Å². The van der Waals surface area contributed by atoms with E-state index in [1.807, 2.05) is 0 Å². The molecule has 0 bridgehead atoms. The Bertz CT molecular complexity index is 478. The largest absolute Gasteiger partial charge is 0.490 e. The Balaban J connectivity index is 1.62. The fourth-order valence-corrected chi connectivity index (χ4v) is 2.77. The monoisotopic (exact) mass is 275 g/mol. The van der Waals surface area contributed by atoms with Crippen molar-refractivity contribution in [3.63, 3.8) is 0 Å². The quantitative estimate of drug-likeness (QED) is 0.856. The maximum Gasteiger partial charge on any atom is 0.416 e. The number of alkyl halides is 3. The van der Waals surface area contributed by atoms with E-state index in [0.29, 0.717) is 30.4 Å². The molecule has 1 aromatic carbocycles.